The number of anilines is 1. The third-order valence-corrected chi connectivity index (χ3v) is 6.07. The SMILES string of the molecule is Cc1ccc(C)c(-n2c(Cc3cc(=O)[nH]c(=O)[nH]3)nnc2SCC(=O)Nc2cccc([N+](=O)[O-])c2)c1. The van der Waals surface area contributed by atoms with Crippen molar-refractivity contribution in [2.24, 2.45) is 0 Å². The normalized spacial score (nSPS) is 10.8. The molecule has 4 rings (SSSR count). The molecule has 0 saturated carbocycles. The standard InChI is InChI=1S/C23H21N7O5S/c1-13-6-7-14(2)18(8-13)29-19(10-16-11-20(31)26-22(33)25-16)27-28-23(29)36-12-21(32)24-15-4-3-5-17(9-15)30(34)35/h3-9,11H,10,12H2,1-2H3,(H,24,32)(H2,25,26,31,33). The Labute approximate surface area is 208 Å². The van der Waals surface area contributed by atoms with Gasteiger partial charge in [-0.1, -0.05) is 30.0 Å². The molecule has 0 aliphatic rings. The highest BCUT2D eigenvalue weighted by Crippen LogP contribution is 2.26. The zero-order chi connectivity index (χ0) is 25.8. The lowest BCUT2D eigenvalue weighted by Gasteiger charge is -2.14. The van der Waals surface area contributed by atoms with Gasteiger partial charge in [0.25, 0.3) is 11.2 Å². The summed E-state index contributed by atoms with van der Waals surface area (Å²) in [4.78, 5) is 51.2. The second-order valence-electron chi connectivity index (χ2n) is 7.96. The van der Waals surface area contributed by atoms with Crippen LogP contribution in [0.15, 0.2) is 63.3 Å². The van der Waals surface area contributed by atoms with E-state index in [2.05, 4.69) is 25.5 Å². The van der Waals surface area contributed by atoms with Gasteiger partial charge in [0.15, 0.2) is 5.16 Å². The molecule has 12 nitrogen and oxygen atoms in total. The van der Waals surface area contributed by atoms with Gasteiger partial charge in [-0.15, -0.1) is 10.2 Å². The van der Waals surface area contributed by atoms with Crippen LogP contribution >= 0.6 is 11.8 Å². The molecule has 0 fully saturated rings. The number of thioether (sulfide) groups is 1. The topological polar surface area (TPSA) is 169 Å². The quantitative estimate of drug-likeness (QED) is 0.186. The summed E-state index contributed by atoms with van der Waals surface area (Å²) >= 11 is 1.14. The van der Waals surface area contributed by atoms with Gasteiger partial charge in [0.1, 0.15) is 5.82 Å². The number of nitrogens with zero attached hydrogens (tertiary/aromatic N) is 4. The smallest absolute Gasteiger partial charge is 0.325 e. The van der Waals surface area contributed by atoms with E-state index in [1.54, 1.807) is 10.6 Å². The predicted octanol–water partition coefficient (Wildman–Crippen LogP) is 2.49. The highest BCUT2D eigenvalue weighted by molar-refractivity contribution is 7.99. The summed E-state index contributed by atoms with van der Waals surface area (Å²) in [5, 5.41) is 22.6. The summed E-state index contributed by atoms with van der Waals surface area (Å²) in [7, 11) is 0. The Balaban J connectivity index is 1.61. The number of aromatic amines is 2. The van der Waals surface area contributed by atoms with Crippen LogP contribution in [0, 0.1) is 24.0 Å². The van der Waals surface area contributed by atoms with Gasteiger partial charge >= 0.3 is 5.69 Å². The summed E-state index contributed by atoms with van der Waals surface area (Å²) in [5.74, 6) is 0.0519. The molecular weight excluding hydrogens is 486 g/mol. The molecule has 0 spiro atoms. The number of nitro groups is 1. The summed E-state index contributed by atoms with van der Waals surface area (Å²) in [5.41, 5.74) is 2.12. The van der Waals surface area contributed by atoms with E-state index in [1.165, 1.54) is 24.3 Å². The summed E-state index contributed by atoms with van der Waals surface area (Å²) < 4.78 is 1.78. The molecule has 3 N–H and O–H groups in total. The van der Waals surface area contributed by atoms with Crippen molar-refractivity contribution in [2.45, 2.75) is 25.4 Å². The maximum absolute atomic E-state index is 12.6. The Bertz CT molecular complexity index is 1550. The van der Waals surface area contributed by atoms with Crippen molar-refractivity contribution in [3.8, 4) is 5.69 Å². The molecule has 1 amide bonds. The fourth-order valence-electron chi connectivity index (χ4n) is 3.52. The van der Waals surface area contributed by atoms with Gasteiger partial charge in [-0.25, -0.2) is 4.79 Å². The number of aryl methyl sites for hydroxylation is 2. The average molecular weight is 508 g/mol. The van der Waals surface area contributed by atoms with Crippen molar-refractivity contribution in [3.05, 3.63) is 102 Å². The minimum Gasteiger partial charge on any atom is -0.325 e. The second-order valence-corrected chi connectivity index (χ2v) is 8.90. The Morgan fingerprint density at radius 2 is 1.92 bits per heavy atom. The first-order chi connectivity index (χ1) is 17.2. The number of carbonyl (C=O) groups excluding carboxylic acids is 1. The van der Waals surface area contributed by atoms with Crippen LogP contribution in [0.5, 0.6) is 0 Å². The Morgan fingerprint density at radius 3 is 2.67 bits per heavy atom. The number of rotatable bonds is 8. The fraction of sp³-hybridized carbons (Fsp3) is 0.174. The minimum atomic E-state index is -0.622. The Kier molecular flexibility index (Phi) is 7.10. The first kappa shape index (κ1) is 24.6. The van der Waals surface area contributed by atoms with Gasteiger partial charge in [0.05, 0.1) is 16.4 Å². The van der Waals surface area contributed by atoms with Crippen LogP contribution in [0.4, 0.5) is 11.4 Å². The van der Waals surface area contributed by atoms with Gasteiger partial charge < -0.3 is 10.3 Å². The average Bonchev–Trinajstić information content (AvgIpc) is 3.20. The van der Waals surface area contributed by atoms with Crippen LogP contribution in [0.2, 0.25) is 0 Å². The molecular formula is C23H21N7O5S. The number of amides is 1. The van der Waals surface area contributed by atoms with Crippen molar-refractivity contribution < 1.29 is 9.72 Å². The van der Waals surface area contributed by atoms with E-state index in [4.69, 9.17) is 0 Å². The number of nitro benzene ring substituents is 1. The van der Waals surface area contributed by atoms with Crippen molar-refractivity contribution in [3.63, 3.8) is 0 Å². The van der Waals surface area contributed by atoms with E-state index >= 15 is 0 Å². The molecule has 184 valence electrons. The highest BCUT2D eigenvalue weighted by atomic mass is 32.2. The third kappa shape index (κ3) is 5.75. The zero-order valence-electron chi connectivity index (χ0n) is 19.3. The van der Waals surface area contributed by atoms with Crippen molar-refractivity contribution in [2.75, 3.05) is 11.1 Å². The zero-order valence-corrected chi connectivity index (χ0v) is 20.1. The fourth-order valence-corrected chi connectivity index (χ4v) is 4.28. The van der Waals surface area contributed by atoms with Crippen LogP contribution in [-0.4, -0.2) is 41.3 Å². The molecule has 2 aromatic carbocycles. The van der Waals surface area contributed by atoms with E-state index < -0.39 is 16.2 Å². The number of nitrogens with one attached hydrogen (secondary N) is 3. The summed E-state index contributed by atoms with van der Waals surface area (Å²) in [6.07, 6.45) is 0.125. The Morgan fingerprint density at radius 1 is 1.11 bits per heavy atom. The van der Waals surface area contributed by atoms with E-state index in [9.17, 15) is 24.5 Å². The number of non-ortho nitro benzene ring substituents is 1. The lowest BCUT2D eigenvalue weighted by molar-refractivity contribution is -0.384. The highest BCUT2D eigenvalue weighted by Gasteiger charge is 2.19. The van der Waals surface area contributed by atoms with Gasteiger partial charge in [-0.2, -0.15) is 0 Å². The predicted molar refractivity (Wildman–Crippen MR) is 134 cm³/mol. The molecule has 2 aromatic heterocycles. The largest absolute Gasteiger partial charge is 0.325 e. The molecule has 0 bridgehead atoms. The molecule has 0 atom stereocenters. The molecule has 0 unspecified atom stereocenters. The molecule has 0 aliphatic carbocycles. The first-order valence-corrected chi connectivity index (χ1v) is 11.7. The number of aromatic nitrogens is 5. The van der Waals surface area contributed by atoms with Gasteiger partial charge in [0.2, 0.25) is 5.91 Å². The molecule has 0 aliphatic heterocycles. The van der Waals surface area contributed by atoms with Crippen molar-refractivity contribution >= 4 is 29.0 Å². The molecule has 4 aromatic rings. The lowest BCUT2D eigenvalue weighted by atomic mass is 10.1. The van der Waals surface area contributed by atoms with Crippen LogP contribution in [0.1, 0.15) is 22.6 Å². The number of H-pyrrole nitrogens is 2. The molecule has 36 heavy (non-hydrogen) atoms. The minimum absolute atomic E-state index is 0.0342. The molecule has 0 saturated heterocycles. The summed E-state index contributed by atoms with van der Waals surface area (Å²) in [6.45, 7) is 3.87. The number of carbonyl (C=O) groups is 1. The van der Waals surface area contributed by atoms with Gasteiger partial charge in [-0.05, 0) is 37.1 Å². The monoisotopic (exact) mass is 507 g/mol. The lowest BCUT2D eigenvalue weighted by Crippen LogP contribution is -2.23. The van der Waals surface area contributed by atoms with E-state index in [0.717, 1.165) is 28.6 Å². The maximum Gasteiger partial charge on any atom is 0.325 e. The van der Waals surface area contributed by atoms with Crippen molar-refractivity contribution in [1.82, 2.24) is 24.7 Å². The number of hydrogen-bond donors (Lipinski definition) is 3. The maximum atomic E-state index is 12.6. The van der Waals surface area contributed by atoms with Crippen LogP contribution in [0.25, 0.3) is 5.69 Å². The van der Waals surface area contributed by atoms with E-state index in [-0.39, 0.29) is 23.8 Å². The van der Waals surface area contributed by atoms with E-state index in [1.807, 2.05) is 32.0 Å². The second kappa shape index (κ2) is 10.4. The molecule has 2 heterocycles. The van der Waals surface area contributed by atoms with Crippen LogP contribution in [-0.2, 0) is 11.2 Å². The summed E-state index contributed by atoms with van der Waals surface area (Å²) in [6, 6.07) is 12.8. The van der Waals surface area contributed by atoms with Crippen LogP contribution in [0.3, 0.4) is 0 Å². The molecule has 13 heteroatoms. The van der Waals surface area contributed by atoms with Crippen molar-refractivity contribution in [1.29, 1.82) is 0 Å². The Hall–Kier alpha value is -4.52. The third-order valence-electron chi connectivity index (χ3n) is 5.14. The van der Waals surface area contributed by atoms with Crippen LogP contribution < -0.4 is 16.6 Å². The first-order valence-electron chi connectivity index (χ1n) is 10.7. The number of hydrogen-bond acceptors (Lipinski definition) is 8. The van der Waals surface area contributed by atoms with Gasteiger partial charge in [0, 0.05) is 36.0 Å². The van der Waals surface area contributed by atoms with E-state index in [0.29, 0.717) is 22.4 Å². The van der Waals surface area contributed by atoms with Gasteiger partial charge in [-0.3, -0.25) is 29.3 Å². The molecule has 0 radical (unpaired) electrons. The number of benzene rings is 2.